The predicted molar refractivity (Wildman–Crippen MR) is 127 cm³/mol. The molecule has 158 valence electrons. The topological polar surface area (TPSA) is 51.4 Å². The van der Waals surface area contributed by atoms with Crippen molar-refractivity contribution >= 4 is 22.4 Å². The van der Waals surface area contributed by atoms with Gasteiger partial charge in [0.05, 0.1) is 24.4 Å². The molecule has 0 amide bonds. The van der Waals surface area contributed by atoms with Gasteiger partial charge in [0.1, 0.15) is 5.82 Å². The number of ether oxygens (including phenoxy) is 1. The fraction of sp³-hybridized carbons (Fsp3) is 0.423. The van der Waals surface area contributed by atoms with Gasteiger partial charge in [0.25, 0.3) is 0 Å². The van der Waals surface area contributed by atoms with Gasteiger partial charge >= 0.3 is 0 Å². The molecule has 3 aromatic rings. The molecule has 1 aliphatic rings. The second-order valence-corrected chi connectivity index (χ2v) is 9.57. The van der Waals surface area contributed by atoms with Crippen LogP contribution >= 0.6 is 0 Å². The van der Waals surface area contributed by atoms with Crippen molar-refractivity contribution in [1.29, 1.82) is 0 Å². The first kappa shape index (κ1) is 20.7. The van der Waals surface area contributed by atoms with E-state index >= 15 is 0 Å². The number of nitrogens with zero attached hydrogens (tertiary/aromatic N) is 2. The van der Waals surface area contributed by atoms with Crippen molar-refractivity contribution in [3.05, 3.63) is 53.6 Å². The highest BCUT2D eigenvalue weighted by Crippen LogP contribution is 2.34. The maximum atomic E-state index is 6.30. The van der Waals surface area contributed by atoms with E-state index in [0.717, 1.165) is 55.7 Å². The van der Waals surface area contributed by atoms with Crippen LogP contribution in [0, 0.1) is 12.3 Å². The van der Waals surface area contributed by atoms with Crippen molar-refractivity contribution in [3.8, 4) is 11.1 Å². The zero-order valence-electron chi connectivity index (χ0n) is 18.7. The predicted octanol–water partition coefficient (Wildman–Crippen LogP) is 5.61. The highest BCUT2D eigenvalue weighted by molar-refractivity contribution is 5.90. The zero-order chi connectivity index (χ0) is 21.3. The van der Waals surface area contributed by atoms with Crippen LogP contribution in [0.4, 0.5) is 11.5 Å². The lowest BCUT2D eigenvalue weighted by atomic mass is 9.85. The van der Waals surface area contributed by atoms with Crippen LogP contribution < -0.4 is 10.6 Å². The van der Waals surface area contributed by atoms with Gasteiger partial charge < -0.3 is 15.4 Å². The summed E-state index contributed by atoms with van der Waals surface area (Å²) in [7, 11) is 0. The summed E-state index contributed by atoms with van der Waals surface area (Å²) in [5.74, 6) is 0.596. The Morgan fingerprint density at radius 2 is 1.83 bits per heavy atom. The zero-order valence-corrected chi connectivity index (χ0v) is 18.7. The lowest BCUT2D eigenvalue weighted by Crippen LogP contribution is -2.36. The molecule has 1 saturated heterocycles. The van der Waals surface area contributed by atoms with Crippen LogP contribution in [0.15, 0.2) is 42.5 Å². The van der Waals surface area contributed by atoms with E-state index in [1.807, 2.05) is 0 Å². The lowest BCUT2D eigenvalue weighted by molar-refractivity contribution is 0.123. The Morgan fingerprint density at radius 3 is 2.57 bits per heavy atom. The first-order chi connectivity index (χ1) is 14.3. The quantitative estimate of drug-likeness (QED) is 0.615. The molecule has 0 radical (unpaired) electrons. The molecule has 4 rings (SSSR count). The number of hydrogen-bond acceptors (Lipinski definition) is 4. The third kappa shape index (κ3) is 4.44. The maximum absolute atomic E-state index is 6.30. The van der Waals surface area contributed by atoms with E-state index in [0.29, 0.717) is 11.2 Å². The summed E-state index contributed by atoms with van der Waals surface area (Å²) >= 11 is 0. The van der Waals surface area contributed by atoms with Gasteiger partial charge in [-0.15, -0.1) is 0 Å². The number of rotatable bonds is 4. The summed E-state index contributed by atoms with van der Waals surface area (Å²) in [6, 6.07) is 15.4. The van der Waals surface area contributed by atoms with Crippen LogP contribution in [0.25, 0.3) is 22.0 Å². The van der Waals surface area contributed by atoms with Gasteiger partial charge in [0, 0.05) is 18.5 Å². The molecule has 1 aliphatic heterocycles. The average Bonchev–Trinajstić information content (AvgIpc) is 2.72. The molecule has 2 aromatic carbocycles. The molecule has 2 heterocycles. The normalized spacial score (nSPS) is 15.0. The molecular weight excluding hydrogens is 370 g/mol. The Hall–Kier alpha value is -2.59. The number of morpholine rings is 1. The van der Waals surface area contributed by atoms with Crippen LogP contribution in [-0.2, 0) is 11.2 Å². The monoisotopic (exact) mass is 403 g/mol. The molecule has 1 fully saturated rings. The highest BCUT2D eigenvalue weighted by atomic mass is 16.5. The Bertz CT molecular complexity index is 1050. The number of nitrogens with two attached hydrogens (primary N) is 1. The Balaban J connectivity index is 1.75. The molecule has 0 aliphatic carbocycles. The molecule has 4 heteroatoms. The van der Waals surface area contributed by atoms with E-state index in [1.165, 1.54) is 22.3 Å². The molecule has 0 unspecified atom stereocenters. The van der Waals surface area contributed by atoms with Crippen LogP contribution in [-0.4, -0.2) is 31.3 Å². The summed E-state index contributed by atoms with van der Waals surface area (Å²) in [4.78, 5) is 6.97. The largest absolute Gasteiger partial charge is 0.382 e. The second kappa shape index (κ2) is 8.27. The van der Waals surface area contributed by atoms with E-state index in [2.05, 4.69) is 75.1 Å². The number of anilines is 2. The first-order valence-electron chi connectivity index (χ1n) is 10.9. The third-order valence-electron chi connectivity index (χ3n) is 5.97. The number of nitrogen functional groups attached to an aromatic ring is 1. The lowest BCUT2D eigenvalue weighted by Gasteiger charge is -2.29. The van der Waals surface area contributed by atoms with E-state index in [-0.39, 0.29) is 0 Å². The summed E-state index contributed by atoms with van der Waals surface area (Å²) in [6.45, 7) is 12.3. The minimum Gasteiger partial charge on any atom is -0.382 e. The van der Waals surface area contributed by atoms with Gasteiger partial charge in [-0.1, -0.05) is 45.0 Å². The molecule has 0 bridgehead atoms. The Labute approximate surface area is 180 Å². The summed E-state index contributed by atoms with van der Waals surface area (Å²) in [5.41, 5.74) is 13.9. The van der Waals surface area contributed by atoms with Gasteiger partial charge in [0.15, 0.2) is 0 Å². The summed E-state index contributed by atoms with van der Waals surface area (Å²) in [5, 5.41) is 1.13. The fourth-order valence-electron chi connectivity index (χ4n) is 4.25. The smallest absolute Gasteiger partial charge is 0.147 e. The van der Waals surface area contributed by atoms with Crippen LogP contribution in [0.3, 0.4) is 0 Å². The molecule has 4 nitrogen and oxygen atoms in total. The van der Waals surface area contributed by atoms with Gasteiger partial charge in [0.2, 0.25) is 0 Å². The van der Waals surface area contributed by atoms with Crippen LogP contribution in [0.5, 0.6) is 0 Å². The maximum Gasteiger partial charge on any atom is 0.147 e. The van der Waals surface area contributed by atoms with E-state index in [1.54, 1.807) is 0 Å². The van der Waals surface area contributed by atoms with E-state index < -0.39 is 0 Å². The van der Waals surface area contributed by atoms with Gasteiger partial charge in [-0.05, 0) is 65.6 Å². The number of fused-ring (bicyclic) bond motifs is 1. The van der Waals surface area contributed by atoms with Crippen molar-refractivity contribution < 1.29 is 4.74 Å². The van der Waals surface area contributed by atoms with Crippen molar-refractivity contribution in [3.63, 3.8) is 0 Å². The van der Waals surface area contributed by atoms with Crippen molar-refractivity contribution in [2.75, 3.05) is 36.9 Å². The molecule has 0 spiro atoms. The minimum absolute atomic E-state index is 0.318. The number of aromatic nitrogens is 1. The highest BCUT2D eigenvalue weighted by Gasteiger charge is 2.17. The number of pyridine rings is 1. The third-order valence-corrected chi connectivity index (χ3v) is 5.97. The van der Waals surface area contributed by atoms with Crippen molar-refractivity contribution in [1.82, 2.24) is 4.98 Å². The SMILES string of the molecule is Cc1cccc(CCC(C)(C)C)c1-c1ccc2nc(N)c(N3CCOCC3)cc2c1. The summed E-state index contributed by atoms with van der Waals surface area (Å²) < 4.78 is 5.50. The molecule has 2 N–H and O–H groups in total. The molecular formula is C26H33N3O. The first-order valence-corrected chi connectivity index (χ1v) is 10.9. The van der Waals surface area contributed by atoms with Gasteiger partial charge in [-0.2, -0.15) is 0 Å². The number of aryl methyl sites for hydroxylation is 2. The number of benzene rings is 2. The molecule has 1 aromatic heterocycles. The molecule has 30 heavy (non-hydrogen) atoms. The number of hydrogen-bond donors (Lipinski definition) is 1. The molecule has 0 atom stereocenters. The molecule has 0 saturated carbocycles. The van der Waals surface area contributed by atoms with Crippen LogP contribution in [0.1, 0.15) is 38.3 Å². The van der Waals surface area contributed by atoms with Crippen molar-refractivity contribution in [2.45, 2.75) is 40.5 Å². The van der Waals surface area contributed by atoms with E-state index in [9.17, 15) is 0 Å². The summed E-state index contributed by atoms with van der Waals surface area (Å²) in [6.07, 6.45) is 2.24. The standard InChI is InChI=1S/C26H33N3O/c1-18-6-5-7-19(10-11-26(2,3)4)24(18)20-8-9-22-21(16-20)17-23(25(27)28-22)29-12-14-30-15-13-29/h5-9,16-17H,10-15H2,1-4H3,(H2,27,28). The second-order valence-electron chi connectivity index (χ2n) is 9.57. The van der Waals surface area contributed by atoms with E-state index in [4.69, 9.17) is 15.5 Å². The van der Waals surface area contributed by atoms with Crippen molar-refractivity contribution in [2.24, 2.45) is 5.41 Å². The Kier molecular flexibility index (Phi) is 5.70. The Morgan fingerprint density at radius 1 is 1.07 bits per heavy atom. The minimum atomic E-state index is 0.318. The average molecular weight is 404 g/mol. The van der Waals surface area contributed by atoms with Gasteiger partial charge in [-0.25, -0.2) is 4.98 Å². The van der Waals surface area contributed by atoms with Crippen LogP contribution in [0.2, 0.25) is 0 Å². The fourth-order valence-corrected chi connectivity index (χ4v) is 4.25. The van der Waals surface area contributed by atoms with Gasteiger partial charge in [-0.3, -0.25) is 0 Å².